The summed E-state index contributed by atoms with van der Waals surface area (Å²) >= 11 is 0. The third-order valence-corrected chi connectivity index (χ3v) is 6.16. The molecule has 0 saturated carbocycles. The highest BCUT2D eigenvalue weighted by Crippen LogP contribution is 2.35. The summed E-state index contributed by atoms with van der Waals surface area (Å²) in [7, 11) is 0. The number of aromatic nitrogens is 4. The van der Waals surface area contributed by atoms with Gasteiger partial charge in [0.1, 0.15) is 5.82 Å². The van der Waals surface area contributed by atoms with Crippen molar-refractivity contribution in [2.24, 2.45) is 5.92 Å². The van der Waals surface area contributed by atoms with Gasteiger partial charge in [0.2, 0.25) is 5.91 Å². The number of nitrogens with zero attached hydrogens (tertiary/aromatic N) is 5. The second-order valence-corrected chi connectivity index (χ2v) is 8.55. The second-order valence-electron chi connectivity index (χ2n) is 8.55. The first-order valence-corrected chi connectivity index (χ1v) is 11.5. The summed E-state index contributed by atoms with van der Waals surface area (Å²) in [5.74, 6) is 1.04. The van der Waals surface area contributed by atoms with Crippen molar-refractivity contribution in [3.63, 3.8) is 0 Å². The average Bonchev–Trinajstić information content (AvgIpc) is 3.39. The number of carbonyl (C=O) groups is 1. The molecule has 1 aliphatic heterocycles. The van der Waals surface area contributed by atoms with Crippen molar-refractivity contribution >= 4 is 17.4 Å². The Kier molecular flexibility index (Phi) is 6.41. The molecule has 0 spiro atoms. The Bertz CT molecular complexity index is 1340. The Morgan fingerprint density at radius 3 is 2.42 bits per heavy atom. The second kappa shape index (κ2) is 9.80. The number of anilines is 2. The smallest absolute Gasteiger partial charge is 0.354 e. The number of piperidine rings is 1. The lowest BCUT2D eigenvalue weighted by Crippen LogP contribution is -2.41. The number of carbonyl (C=O) groups excluding carboxylic acids is 1. The number of imidazole rings is 1. The maximum atomic E-state index is 13.3. The summed E-state index contributed by atoms with van der Waals surface area (Å²) in [5, 5.41) is 11.2. The Labute approximate surface area is 205 Å². The fourth-order valence-corrected chi connectivity index (χ4v) is 4.38. The molecule has 1 fully saturated rings. The molecule has 5 rings (SSSR count). The van der Waals surface area contributed by atoms with Crippen molar-refractivity contribution < 1.29 is 18.0 Å². The van der Waals surface area contributed by atoms with Gasteiger partial charge in [-0.05, 0) is 37.1 Å². The Hall–Kier alpha value is -4.21. The van der Waals surface area contributed by atoms with Crippen molar-refractivity contribution in [3.8, 4) is 17.2 Å². The maximum absolute atomic E-state index is 13.3. The predicted molar refractivity (Wildman–Crippen MR) is 130 cm³/mol. The van der Waals surface area contributed by atoms with Crippen molar-refractivity contribution in [1.82, 2.24) is 19.7 Å². The average molecular weight is 493 g/mol. The standard InChI is InChI=1S/C26H23F3N6O/c27-26(28,29)20-10-4-5-11-21(20)31-25(36)19-9-6-15-34(17-19)22-12-13-23(33-32-22)35-16-14-30-24(35)18-7-2-1-3-8-18/h1-5,7-8,10-14,16,19H,6,9,15,17H2,(H,31,36). The van der Waals surface area contributed by atoms with Crippen LogP contribution in [0.3, 0.4) is 0 Å². The monoisotopic (exact) mass is 492 g/mol. The predicted octanol–water partition coefficient (Wildman–Crippen LogP) is 5.20. The number of amides is 1. The number of nitrogens with one attached hydrogen (secondary N) is 1. The quantitative estimate of drug-likeness (QED) is 0.414. The highest BCUT2D eigenvalue weighted by atomic mass is 19.4. The molecule has 4 aromatic rings. The van der Waals surface area contributed by atoms with E-state index >= 15 is 0 Å². The van der Waals surface area contributed by atoms with Crippen LogP contribution in [0.2, 0.25) is 0 Å². The zero-order valence-corrected chi connectivity index (χ0v) is 19.2. The van der Waals surface area contributed by atoms with Gasteiger partial charge in [0, 0.05) is 31.0 Å². The molecule has 10 heteroatoms. The van der Waals surface area contributed by atoms with Gasteiger partial charge in [-0.25, -0.2) is 4.98 Å². The van der Waals surface area contributed by atoms with Crippen molar-refractivity contribution in [1.29, 1.82) is 0 Å². The number of halogens is 3. The van der Waals surface area contributed by atoms with Crippen molar-refractivity contribution in [2.75, 3.05) is 23.3 Å². The van der Waals surface area contributed by atoms with Crippen LogP contribution < -0.4 is 10.2 Å². The van der Waals surface area contributed by atoms with Crippen LogP contribution in [0.25, 0.3) is 17.2 Å². The molecule has 0 aliphatic carbocycles. The topological polar surface area (TPSA) is 75.9 Å². The molecule has 1 N–H and O–H groups in total. The van der Waals surface area contributed by atoms with Crippen LogP contribution in [-0.4, -0.2) is 38.7 Å². The third kappa shape index (κ3) is 4.93. The molecule has 2 aromatic heterocycles. The van der Waals surface area contributed by atoms with Crippen LogP contribution in [-0.2, 0) is 11.0 Å². The van der Waals surface area contributed by atoms with Gasteiger partial charge in [-0.3, -0.25) is 9.36 Å². The van der Waals surface area contributed by atoms with E-state index < -0.39 is 23.6 Å². The number of rotatable bonds is 5. The summed E-state index contributed by atoms with van der Waals surface area (Å²) in [6.45, 7) is 1.02. The van der Waals surface area contributed by atoms with Crippen LogP contribution in [0.1, 0.15) is 18.4 Å². The fourth-order valence-electron chi connectivity index (χ4n) is 4.38. The lowest BCUT2D eigenvalue weighted by molar-refractivity contribution is -0.137. The largest absolute Gasteiger partial charge is 0.418 e. The van der Waals surface area contributed by atoms with Gasteiger partial charge in [0.05, 0.1) is 17.2 Å². The van der Waals surface area contributed by atoms with Gasteiger partial charge >= 0.3 is 6.18 Å². The molecule has 1 atom stereocenters. The van der Waals surface area contributed by atoms with Crippen LogP contribution in [0.5, 0.6) is 0 Å². The molecule has 184 valence electrons. The van der Waals surface area contributed by atoms with Gasteiger partial charge in [-0.1, -0.05) is 42.5 Å². The van der Waals surface area contributed by atoms with Gasteiger partial charge in [-0.15, -0.1) is 10.2 Å². The van der Waals surface area contributed by atoms with Crippen LogP contribution in [0.4, 0.5) is 24.7 Å². The van der Waals surface area contributed by atoms with Gasteiger partial charge in [0.25, 0.3) is 0 Å². The van der Waals surface area contributed by atoms with Crippen LogP contribution >= 0.6 is 0 Å². The van der Waals surface area contributed by atoms with Gasteiger partial charge in [-0.2, -0.15) is 13.2 Å². The van der Waals surface area contributed by atoms with Crippen LogP contribution in [0, 0.1) is 5.92 Å². The van der Waals surface area contributed by atoms with E-state index in [1.165, 1.54) is 18.2 Å². The van der Waals surface area contributed by atoms with E-state index in [1.54, 1.807) is 6.20 Å². The molecular weight excluding hydrogens is 469 g/mol. The zero-order valence-electron chi connectivity index (χ0n) is 19.2. The SMILES string of the molecule is O=C(Nc1ccccc1C(F)(F)F)C1CCCN(c2ccc(-n3ccnc3-c3ccccc3)nn2)C1. The first-order chi connectivity index (χ1) is 17.4. The highest BCUT2D eigenvalue weighted by molar-refractivity contribution is 5.93. The fraction of sp³-hybridized carbons (Fsp3) is 0.231. The molecule has 36 heavy (non-hydrogen) atoms. The molecule has 1 saturated heterocycles. The maximum Gasteiger partial charge on any atom is 0.418 e. The van der Waals surface area contributed by atoms with E-state index in [0.717, 1.165) is 17.5 Å². The molecule has 7 nitrogen and oxygen atoms in total. The van der Waals surface area contributed by atoms with Gasteiger partial charge < -0.3 is 10.2 Å². The summed E-state index contributed by atoms with van der Waals surface area (Å²) in [6.07, 6.45) is 0.254. The van der Waals surface area contributed by atoms with Crippen molar-refractivity contribution in [2.45, 2.75) is 19.0 Å². The summed E-state index contributed by atoms with van der Waals surface area (Å²) in [5.41, 5.74) is -0.141. The van der Waals surface area contributed by atoms with E-state index in [4.69, 9.17) is 0 Å². The van der Waals surface area contributed by atoms with E-state index in [-0.39, 0.29) is 5.69 Å². The summed E-state index contributed by atoms with van der Waals surface area (Å²) < 4.78 is 41.7. The third-order valence-electron chi connectivity index (χ3n) is 6.16. The molecule has 3 heterocycles. The Morgan fingerprint density at radius 1 is 0.944 bits per heavy atom. The number of benzene rings is 2. The molecule has 2 aromatic carbocycles. The normalized spacial score (nSPS) is 16.1. The molecule has 1 amide bonds. The Morgan fingerprint density at radius 2 is 1.67 bits per heavy atom. The zero-order chi connectivity index (χ0) is 25.1. The van der Waals surface area contributed by atoms with E-state index in [1.807, 2.05) is 58.1 Å². The molecular formula is C26H23F3N6O. The minimum absolute atomic E-state index is 0.231. The number of hydrogen-bond acceptors (Lipinski definition) is 5. The first-order valence-electron chi connectivity index (χ1n) is 11.5. The summed E-state index contributed by atoms with van der Waals surface area (Å²) in [4.78, 5) is 19.2. The lowest BCUT2D eigenvalue weighted by atomic mass is 9.96. The molecule has 1 aliphatic rings. The minimum Gasteiger partial charge on any atom is -0.354 e. The molecule has 0 bridgehead atoms. The minimum atomic E-state index is -4.55. The van der Waals surface area contributed by atoms with Gasteiger partial charge in [0.15, 0.2) is 11.6 Å². The van der Waals surface area contributed by atoms with Crippen molar-refractivity contribution in [3.05, 3.63) is 84.7 Å². The number of para-hydroxylation sites is 1. The summed E-state index contributed by atoms with van der Waals surface area (Å²) in [6, 6.07) is 18.4. The van der Waals surface area contributed by atoms with Crippen LogP contribution in [0.15, 0.2) is 79.1 Å². The van der Waals surface area contributed by atoms with E-state index in [9.17, 15) is 18.0 Å². The number of alkyl halides is 3. The molecule has 1 unspecified atom stereocenters. The number of hydrogen-bond donors (Lipinski definition) is 1. The molecule has 0 radical (unpaired) electrons. The Balaban J connectivity index is 1.29. The van der Waals surface area contributed by atoms with E-state index in [0.29, 0.717) is 37.6 Å². The highest BCUT2D eigenvalue weighted by Gasteiger charge is 2.34. The lowest BCUT2D eigenvalue weighted by Gasteiger charge is -2.32. The first kappa shape index (κ1) is 23.5. The van der Waals surface area contributed by atoms with E-state index in [2.05, 4.69) is 20.5 Å².